The summed E-state index contributed by atoms with van der Waals surface area (Å²) in [5.41, 5.74) is 1.92. The average Bonchev–Trinajstić information content (AvgIpc) is 2.71. The van der Waals surface area contributed by atoms with Gasteiger partial charge in [-0.25, -0.2) is 9.52 Å². The van der Waals surface area contributed by atoms with E-state index in [0.29, 0.717) is 4.73 Å². The molecule has 0 aliphatic rings. The number of rotatable bonds is 2. The van der Waals surface area contributed by atoms with Crippen LogP contribution in [0.1, 0.15) is 10.6 Å². The quantitative estimate of drug-likeness (QED) is 0.422. The molecule has 1 heterocycles. The lowest BCUT2D eigenvalue weighted by Gasteiger charge is -2.02. The highest BCUT2D eigenvalue weighted by atomic mass is 16.5. The van der Waals surface area contributed by atoms with Crippen LogP contribution in [0, 0.1) is 5.21 Å². The maximum absolute atomic E-state index is 11.9. The first-order valence-electron chi connectivity index (χ1n) is 5.85. The summed E-state index contributed by atoms with van der Waals surface area (Å²) < 4.78 is 0.601. The first-order chi connectivity index (χ1) is 9.59. The number of hydrogen-bond acceptors (Lipinski definition) is 3. The second kappa shape index (κ2) is 4.27. The van der Waals surface area contributed by atoms with Crippen LogP contribution in [0.2, 0.25) is 0 Å². The third-order valence-electron chi connectivity index (χ3n) is 3.11. The predicted octanol–water partition coefficient (Wildman–Crippen LogP) is 1.88. The Kier molecular flexibility index (Phi) is 2.57. The molecule has 3 aromatic rings. The lowest BCUT2D eigenvalue weighted by Crippen LogP contribution is -2.34. The van der Waals surface area contributed by atoms with Crippen molar-refractivity contribution in [2.75, 3.05) is 0 Å². The molecule has 0 saturated heterocycles. The van der Waals surface area contributed by atoms with Gasteiger partial charge in [0, 0.05) is 0 Å². The Morgan fingerprint density at radius 2 is 1.80 bits per heavy atom. The number of nitrogens with zero attached hydrogens (tertiary/aromatic N) is 2. The molecule has 0 radical (unpaired) electrons. The van der Waals surface area contributed by atoms with Crippen LogP contribution < -0.4 is 4.73 Å². The fourth-order valence-corrected chi connectivity index (χ4v) is 2.17. The molecule has 100 valence electrons. The Morgan fingerprint density at radius 3 is 2.45 bits per heavy atom. The minimum Gasteiger partial charge on any atom is -0.710 e. The van der Waals surface area contributed by atoms with Gasteiger partial charge in [0.25, 0.3) is 0 Å². The third kappa shape index (κ3) is 1.66. The summed E-state index contributed by atoms with van der Waals surface area (Å²) in [5, 5.41) is 30.6. The molecule has 2 aromatic carbocycles. The largest absolute Gasteiger partial charge is 0.710 e. The molecule has 0 fully saturated rings. The van der Waals surface area contributed by atoms with Gasteiger partial charge in [0.1, 0.15) is 0 Å². The molecular formula is C14H10N2O4. The summed E-state index contributed by atoms with van der Waals surface area (Å²) in [4.78, 5) is 11.0. The van der Waals surface area contributed by atoms with Crippen molar-refractivity contribution in [3.63, 3.8) is 0 Å². The molecular weight excluding hydrogens is 260 g/mol. The Hall–Kier alpha value is -3.02. The predicted molar refractivity (Wildman–Crippen MR) is 70.5 cm³/mol. The summed E-state index contributed by atoms with van der Waals surface area (Å²) in [6, 6.07) is 14.2. The van der Waals surface area contributed by atoms with Crippen molar-refractivity contribution < 1.29 is 19.8 Å². The van der Waals surface area contributed by atoms with Gasteiger partial charge in [0.2, 0.25) is 5.52 Å². The van der Waals surface area contributed by atoms with E-state index >= 15 is 0 Å². The minimum atomic E-state index is -1.49. The summed E-state index contributed by atoms with van der Waals surface area (Å²) in [6.07, 6.45) is 0. The molecule has 0 unspecified atom stereocenters. The lowest BCUT2D eigenvalue weighted by atomic mass is 10.1. The van der Waals surface area contributed by atoms with Crippen molar-refractivity contribution in [3.05, 3.63) is 59.6 Å². The van der Waals surface area contributed by atoms with Gasteiger partial charge in [-0.15, -0.1) is 0 Å². The van der Waals surface area contributed by atoms with Gasteiger partial charge in [-0.2, -0.15) is 0 Å². The summed E-state index contributed by atoms with van der Waals surface area (Å²) in [6.45, 7) is 0. The van der Waals surface area contributed by atoms with Crippen LogP contribution in [-0.4, -0.2) is 21.0 Å². The number of carboxylic acid groups (broad SMARTS) is 1. The summed E-state index contributed by atoms with van der Waals surface area (Å²) in [5.74, 6) is -2.22. The number of aromatic nitrogens is 2. The van der Waals surface area contributed by atoms with Gasteiger partial charge in [0.05, 0.1) is 0 Å². The fraction of sp³-hybridized carbons (Fsp3) is 0. The molecule has 0 bridgehead atoms. The number of carbonyl (C=O) groups is 1. The van der Waals surface area contributed by atoms with Crippen molar-refractivity contribution in [1.29, 1.82) is 0 Å². The lowest BCUT2D eigenvalue weighted by molar-refractivity contribution is -0.583. The summed E-state index contributed by atoms with van der Waals surface area (Å²) >= 11 is 0. The van der Waals surface area contributed by atoms with Crippen molar-refractivity contribution >= 4 is 17.0 Å². The van der Waals surface area contributed by atoms with Gasteiger partial charge in [-0.05, 0) is 34.1 Å². The molecule has 0 aliphatic heterocycles. The van der Waals surface area contributed by atoms with Gasteiger partial charge in [-0.3, -0.25) is 0 Å². The van der Waals surface area contributed by atoms with Crippen LogP contribution in [0.4, 0.5) is 0 Å². The van der Waals surface area contributed by atoms with E-state index in [1.807, 2.05) is 30.3 Å². The smallest absolute Gasteiger partial charge is 0.424 e. The molecule has 0 spiro atoms. The highest BCUT2D eigenvalue weighted by molar-refractivity contribution is 5.87. The van der Waals surface area contributed by atoms with Gasteiger partial charge in [0.15, 0.2) is 5.52 Å². The van der Waals surface area contributed by atoms with E-state index in [2.05, 4.69) is 0 Å². The highest BCUT2D eigenvalue weighted by Crippen LogP contribution is 2.23. The average molecular weight is 270 g/mol. The zero-order valence-electron chi connectivity index (χ0n) is 10.2. The van der Waals surface area contributed by atoms with E-state index in [1.165, 1.54) is 6.07 Å². The van der Waals surface area contributed by atoms with Crippen molar-refractivity contribution in [1.82, 2.24) is 4.73 Å². The van der Waals surface area contributed by atoms with Gasteiger partial charge >= 0.3 is 11.8 Å². The second-order valence-electron chi connectivity index (χ2n) is 4.30. The number of fused-ring (bicyclic) bond motifs is 1. The van der Waals surface area contributed by atoms with Crippen LogP contribution in [0.3, 0.4) is 0 Å². The van der Waals surface area contributed by atoms with Crippen LogP contribution >= 0.6 is 0 Å². The maximum Gasteiger partial charge on any atom is 0.424 e. The Morgan fingerprint density at radius 1 is 1.10 bits per heavy atom. The van der Waals surface area contributed by atoms with Crippen LogP contribution in [0.5, 0.6) is 0 Å². The minimum absolute atomic E-state index is 0.103. The molecule has 0 saturated carbocycles. The molecule has 20 heavy (non-hydrogen) atoms. The maximum atomic E-state index is 11.9. The Bertz CT molecular complexity index is 809. The highest BCUT2D eigenvalue weighted by Gasteiger charge is 2.28. The van der Waals surface area contributed by atoms with E-state index in [-0.39, 0.29) is 15.8 Å². The molecule has 1 aromatic heterocycles. The SMILES string of the molecule is O=C(O)c1n(O)c2ccc(-c3ccccc3)cc2[n+]1[O-]. The number of aromatic carboxylic acids is 1. The Balaban J connectivity index is 2.27. The molecule has 0 aliphatic carbocycles. The van der Waals surface area contributed by atoms with E-state index in [1.54, 1.807) is 12.1 Å². The molecule has 6 nitrogen and oxygen atoms in total. The van der Waals surface area contributed by atoms with Crippen LogP contribution in [-0.2, 0) is 0 Å². The molecule has 0 amide bonds. The van der Waals surface area contributed by atoms with Gasteiger partial charge in [-0.1, -0.05) is 30.3 Å². The fourth-order valence-electron chi connectivity index (χ4n) is 2.17. The first kappa shape index (κ1) is 12.0. The third-order valence-corrected chi connectivity index (χ3v) is 3.11. The van der Waals surface area contributed by atoms with E-state index < -0.39 is 11.8 Å². The number of hydrogen-bond donors (Lipinski definition) is 2. The topological polar surface area (TPSA) is 89.4 Å². The van der Waals surface area contributed by atoms with Crippen LogP contribution in [0.15, 0.2) is 48.5 Å². The van der Waals surface area contributed by atoms with Crippen molar-refractivity contribution in [2.24, 2.45) is 0 Å². The van der Waals surface area contributed by atoms with E-state index in [4.69, 9.17) is 5.11 Å². The number of benzene rings is 2. The molecule has 2 N–H and O–H groups in total. The molecule has 0 atom stereocenters. The van der Waals surface area contributed by atoms with E-state index in [0.717, 1.165) is 11.1 Å². The number of imidazole rings is 1. The number of carboxylic acids is 1. The Labute approximate surface area is 113 Å². The normalized spacial score (nSPS) is 10.8. The summed E-state index contributed by atoms with van der Waals surface area (Å²) in [7, 11) is 0. The first-order valence-corrected chi connectivity index (χ1v) is 5.85. The van der Waals surface area contributed by atoms with Crippen molar-refractivity contribution in [2.45, 2.75) is 0 Å². The van der Waals surface area contributed by atoms with Crippen LogP contribution in [0.25, 0.3) is 22.2 Å². The monoisotopic (exact) mass is 270 g/mol. The van der Waals surface area contributed by atoms with Gasteiger partial charge < -0.3 is 15.5 Å². The second-order valence-corrected chi connectivity index (χ2v) is 4.30. The zero-order valence-corrected chi connectivity index (χ0v) is 10.2. The van der Waals surface area contributed by atoms with Crippen molar-refractivity contribution in [3.8, 4) is 11.1 Å². The molecule has 6 heteroatoms. The van der Waals surface area contributed by atoms with E-state index in [9.17, 15) is 15.2 Å². The zero-order chi connectivity index (χ0) is 14.3. The standard InChI is InChI=1S/C14H10N2O4/c17-14(18)13-15(19)11-7-6-10(8-12(11)16(13)20)9-4-2-1-3-5-9/h1-8,19H,(H,17,18). The molecule has 3 rings (SSSR count).